The minimum absolute atomic E-state index is 0.0891. The summed E-state index contributed by atoms with van der Waals surface area (Å²) < 4.78 is 5.59. The number of esters is 1. The Hall–Kier alpha value is -1.38. The van der Waals surface area contributed by atoms with Crippen LogP contribution in [0.15, 0.2) is 24.5 Å². The molecule has 2 saturated carbocycles. The van der Waals surface area contributed by atoms with Crippen molar-refractivity contribution in [2.24, 2.45) is 11.8 Å². The van der Waals surface area contributed by atoms with Crippen molar-refractivity contribution in [1.29, 1.82) is 0 Å². The minimum Gasteiger partial charge on any atom is -0.462 e. The molecular weight excluding hydrogens is 214 g/mol. The SMILES string of the molecule is O=C(Cc1ccncc1)O[C@H]1C[C@H]2CC[C@@H]1C2. The standard InChI is InChI=1S/C14H17NO2/c16-14(9-10-3-5-15-6-4-10)17-13-8-11-1-2-12(13)7-11/h3-6,11-13H,1-2,7-9H2/t11-,12+,13-/m0/s1. The summed E-state index contributed by atoms with van der Waals surface area (Å²) in [5.41, 5.74) is 0.980. The number of hydrogen-bond donors (Lipinski definition) is 0. The first-order valence-electron chi connectivity index (χ1n) is 6.39. The third-order valence-electron chi connectivity index (χ3n) is 4.05. The Labute approximate surface area is 101 Å². The number of carbonyl (C=O) groups is 1. The average Bonchev–Trinajstić information content (AvgIpc) is 2.92. The summed E-state index contributed by atoms with van der Waals surface area (Å²) in [5.74, 6) is 1.37. The molecule has 2 aliphatic carbocycles. The van der Waals surface area contributed by atoms with Gasteiger partial charge in [0.25, 0.3) is 0 Å². The molecule has 0 radical (unpaired) electrons. The van der Waals surface area contributed by atoms with E-state index in [1.54, 1.807) is 12.4 Å². The van der Waals surface area contributed by atoms with Crippen LogP contribution in [0.5, 0.6) is 0 Å². The van der Waals surface area contributed by atoms with Crippen LogP contribution in [0.25, 0.3) is 0 Å². The summed E-state index contributed by atoms with van der Waals surface area (Å²) >= 11 is 0. The summed E-state index contributed by atoms with van der Waals surface area (Å²) in [6.07, 6.45) is 8.93. The van der Waals surface area contributed by atoms with E-state index < -0.39 is 0 Å². The van der Waals surface area contributed by atoms with Crippen LogP contribution in [0, 0.1) is 11.8 Å². The van der Waals surface area contributed by atoms with Crippen molar-refractivity contribution >= 4 is 5.97 Å². The van der Waals surface area contributed by atoms with E-state index in [0.717, 1.165) is 17.9 Å². The van der Waals surface area contributed by atoms with Crippen molar-refractivity contribution < 1.29 is 9.53 Å². The van der Waals surface area contributed by atoms with Gasteiger partial charge in [0.15, 0.2) is 0 Å². The molecule has 0 saturated heterocycles. The molecule has 1 aromatic rings. The molecule has 2 fully saturated rings. The summed E-state index contributed by atoms with van der Waals surface area (Å²) in [7, 11) is 0. The second-order valence-electron chi connectivity index (χ2n) is 5.24. The molecule has 2 bridgehead atoms. The molecule has 0 spiro atoms. The van der Waals surface area contributed by atoms with E-state index in [2.05, 4.69) is 4.98 Å². The highest BCUT2D eigenvalue weighted by molar-refractivity contribution is 5.72. The van der Waals surface area contributed by atoms with E-state index in [1.165, 1.54) is 19.3 Å². The maximum Gasteiger partial charge on any atom is 0.310 e. The summed E-state index contributed by atoms with van der Waals surface area (Å²) in [6.45, 7) is 0. The van der Waals surface area contributed by atoms with Crippen molar-refractivity contribution in [3.63, 3.8) is 0 Å². The lowest BCUT2D eigenvalue weighted by Gasteiger charge is -2.21. The second kappa shape index (κ2) is 4.47. The molecule has 17 heavy (non-hydrogen) atoms. The molecule has 3 rings (SSSR count). The van der Waals surface area contributed by atoms with Gasteiger partial charge in [0.05, 0.1) is 6.42 Å². The molecule has 0 aromatic carbocycles. The summed E-state index contributed by atoms with van der Waals surface area (Å²) in [5, 5.41) is 0. The number of pyridine rings is 1. The van der Waals surface area contributed by atoms with Gasteiger partial charge in [-0.05, 0) is 55.2 Å². The van der Waals surface area contributed by atoms with Gasteiger partial charge in [0.1, 0.15) is 6.10 Å². The van der Waals surface area contributed by atoms with Gasteiger partial charge in [-0.3, -0.25) is 9.78 Å². The molecule has 3 nitrogen and oxygen atoms in total. The molecule has 0 unspecified atom stereocenters. The molecule has 3 heteroatoms. The smallest absolute Gasteiger partial charge is 0.310 e. The maximum absolute atomic E-state index is 11.8. The van der Waals surface area contributed by atoms with Gasteiger partial charge < -0.3 is 4.74 Å². The van der Waals surface area contributed by atoms with Gasteiger partial charge in [0.2, 0.25) is 0 Å². The van der Waals surface area contributed by atoms with E-state index in [0.29, 0.717) is 12.3 Å². The van der Waals surface area contributed by atoms with E-state index in [9.17, 15) is 4.79 Å². The first-order chi connectivity index (χ1) is 8.31. The fraction of sp³-hybridized carbons (Fsp3) is 0.571. The van der Waals surface area contributed by atoms with Crippen molar-refractivity contribution in [2.45, 2.75) is 38.2 Å². The lowest BCUT2D eigenvalue weighted by molar-refractivity contribution is -0.150. The zero-order chi connectivity index (χ0) is 11.7. The Morgan fingerprint density at radius 3 is 2.76 bits per heavy atom. The van der Waals surface area contributed by atoms with Crippen LogP contribution in [0.4, 0.5) is 0 Å². The van der Waals surface area contributed by atoms with Crippen LogP contribution in [-0.2, 0) is 16.0 Å². The quantitative estimate of drug-likeness (QED) is 0.750. The van der Waals surface area contributed by atoms with Gasteiger partial charge in [-0.2, -0.15) is 0 Å². The number of fused-ring (bicyclic) bond motifs is 2. The molecule has 3 atom stereocenters. The van der Waals surface area contributed by atoms with Crippen LogP contribution < -0.4 is 0 Å². The topological polar surface area (TPSA) is 39.2 Å². The highest BCUT2D eigenvalue weighted by atomic mass is 16.5. The molecule has 1 heterocycles. The van der Waals surface area contributed by atoms with Crippen LogP contribution >= 0.6 is 0 Å². The molecular formula is C14H17NO2. The fourth-order valence-corrected chi connectivity index (χ4v) is 3.21. The van der Waals surface area contributed by atoms with Crippen molar-refractivity contribution in [3.05, 3.63) is 30.1 Å². The van der Waals surface area contributed by atoms with Gasteiger partial charge in [0, 0.05) is 12.4 Å². The van der Waals surface area contributed by atoms with Gasteiger partial charge in [-0.15, -0.1) is 0 Å². The number of hydrogen-bond acceptors (Lipinski definition) is 3. The van der Waals surface area contributed by atoms with E-state index in [-0.39, 0.29) is 12.1 Å². The number of ether oxygens (including phenoxy) is 1. The van der Waals surface area contributed by atoms with Crippen LogP contribution in [0.1, 0.15) is 31.2 Å². The molecule has 0 amide bonds. The zero-order valence-electron chi connectivity index (χ0n) is 9.84. The van der Waals surface area contributed by atoms with Crippen molar-refractivity contribution in [1.82, 2.24) is 4.98 Å². The van der Waals surface area contributed by atoms with Crippen LogP contribution in [-0.4, -0.2) is 17.1 Å². The normalized spacial score (nSPS) is 30.5. The first-order valence-corrected chi connectivity index (χ1v) is 6.39. The first kappa shape index (κ1) is 10.8. The van der Waals surface area contributed by atoms with Gasteiger partial charge in [-0.25, -0.2) is 0 Å². The monoisotopic (exact) mass is 231 g/mol. The Balaban J connectivity index is 1.54. The van der Waals surface area contributed by atoms with Crippen LogP contribution in [0.2, 0.25) is 0 Å². The minimum atomic E-state index is -0.0891. The zero-order valence-corrected chi connectivity index (χ0v) is 9.84. The van der Waals surface area contributed by atoms with Gasteiger partial charge >= 0.3 is 5.97 Å². The molecule has 1 aromatic heterocycles. The highest BCUT2D eigenvalue weighted by Gasteiger charge is 2.41. The highest BCUT2D eigenvalue weighted by Crippen LogP contribution is 2.45. The van der Waals surface area contributed by atoms with E-state index >= 15 is 0 Å². The predicted molar refractivity (Wildman–Crippen MR) is 63.3 cm³/mol. The van der Waals surface area contributed by atoms with Gasteiger partial charge in [-0.1, -0.05) is 0 Å². The fourth-order valence-electron chi connectivity index (χ4n) is 3.21. The average molecular weight is 231 g/mol. The lowest BCUT2D eigenvalue weighted by atomic mass is 9.98. The Morgan fingerprint density at radius 1 is 1.29 bits per heavy atom. The number of rotatable bonds is 3. The Kier molecular flexibility index (Phi) is 2.83. The van der Waals surface area contributed by atoms with Crippen molar-refractivity contribution in [3.8, 4) is 0 Å². The predicted octanol–water partition coefficient (Wildman–Crippen LogP) is 2.36. The van der Waals surface area contributed by atoms with Crippen LogP contribution in [0.3, 0.4) is 0 Å². The Morgan fingerprint density at radius 2 is 2.12 bits per heavy atom. The third-order valence-corrected chi connectivity index (χ3v) is 4.05. The third kappa shape index (κ3) is 2.33. The molecule has 0 N–H and O–H groups in total. The molecule has 2 aliphatic rings. The largest absolute Gasteiger partial charge is 0.462 e. The Bertz CT molecular complexity index is 404. The van der Waals surface area contributed by atoms with Crippen molar-refractivity contribution in [2.75, 3.05) is 0 Å². The maximum atomic E-state index is 11.8. The lowest BCUT2D eigenvalue weighted by Crippen LogP contribution is -2.24. The molecule has 90 valence electrons. The van der Waals surface area contributed by atoms with E-state index in [1.807, 2.05) is 12.1 Å². The molecule has 0 aliphatic heterocycles. The van der Waals surface area contributed by atoms with E-state index in [4.69, 9.17) is 4.74 Å². The summed E-state index contributed by atoms with van der Waals surface area (Å²) in [6, 6.07) is 3.73. The number of aromatic nitrogens is 1. The number of carbonyl (C=O) groups excluding carboxylic acids is 1. The summed E-state index contributed by atoms with van der Waals surface area (Å²) in [4.78, 5) is 15.7. The second-order valence-corrected chi connectivity index (χ2v) is 5.24. The number of nitrogens with zero attached hydrogens (tertiary/aromatic N) is 1.